The predicted octanol–water partition coefficient (Wildman–Crippen LogP) is 5.14. The first-order valence-electron chi connectivity index (χ1n) is 9.57. The van der Waals surface area contributed by atoms with Gasteiger partial charge >= 0.3 is 12.0 Å². The molecule has 0 aliphatic heterocycles. The Bertz CT molecular complexity index is 997. The highest BCUT2D eigenvalue weighted by Crippen LogP contribution is 2.16. The van der Waals surface area contributed by atoms with E-state index in [2.05, 4.69) is 5.32 Å². The number of furan rings is 1. The molecule has 6 nitrogen and oxygen atoms in total. The van der Waals surface area contributed by atoms with E-state index >= 15 is 0 Å². The lowest BCUT2D eigenvalue weighted by Gasteiger charge is -2.22. The summed E-state index contributed by atoms with van der Waals surface area (Å²) in [6.45, 7) is 4.38. The molecule has 2 amide bonds. The number of esters is 1. The van der Waals surface area contributed by atoms with Crippen LogP contribution >= 0.6 is 0 Å². The van der Waals surface area contributed by atoms with Gasteiger partial charge in [-0.05, 0) is 67.9 Å². The van der Waals surface area contributed by atoms with Crippen molar-refractivity contribution in [3.8, 4) is 0 Å². The van der Waals surface area contributed by atoms with E-state index in [1.54, 1.807) is 48.2 Å². The highest BCUT2D eigenvalue weighted by atomic mass is 19.1. The van der Waals surface area contributed by atoms with Crippen molar-refractivity contribution in [2.75, 3.05) is 11.9 Å². The Morgan fingerprint density at radius 1 is 1.00 bits per heavy atom. The number of carbonyl (C=O) groups is 2. The van der Waals surface area contributed by atoms with Gasteiger partial charge in [-0.15, -0.1) is 0 Å². The fraction of sp³-hybridized carbons (Fsp3) is 0.217. The van der Waals surface area contributed by atoms with Gasteiger partial charge in [0, 0.05) is 12.2 Å². The first-order valence-corrected chi connectivity index (χ1v) is 9.57. The average molecular weight is 410 g/mol. The summed E-state index contributed by atoms with van der Waals surface area (Å²) in [7, 11) is 0. The minimum Gasteiger partial charge on any atom is -0.464 e. The number of hydrogen-bond acceptors (Lipinski definition) is 4. The van der Waals surface area contributed by atoms with E-state index in [-0.39, 0.29) is 24.9 Å². The quantitative estimate of drug-likeness (QED) is 0.548. The molecule has 30 heavy (non-hydrogen) atoms. The van der Waals surface area contributed by atoms with Crippen molar-refractivity contribution in [2.45, 2.75) is 26.9 Å². The Morgan fingerprint density at radius 3 is 2.30 bits per heavy atom. The summed E-state index contributed by atoms with van der Waals surface area (Å²) in [6.07, 6.45) is 0. The van der Waals surface area contributed by atoms with Gasteiger partial charge in [0.05, 0.1) is 18.7 Å². The van der Waals surface area contributed by atoms with Crippen LogP contribution in [0.1, 0.15) is 34.4 Å². The minimum atomic E-state index is -0.415. The SMILES string of the molecule is CCOC(=O)c1ccc(NC(=O)N(Cc2ccc(F)cc2)Cc2ccc(C)o2)cc1. The topological polar surface area (TPSA) is 71.8 Å². The molecule has 0 aliphatic rings. The summed E-state index contributed by atoms with van der Waals surface area (Å²) in [5.74, 6) is 0.642. The summed E-state index contributed by atoms with van der Waals surface area (Å²) >= 11 is 0. The summed E-state index contributed by atoms with van der Waals surface area (Å²) in [4.78, 5) is 26.2. The number of hydrogen-bond donors (Lipinski definition) is 1. The van der Waals surface area contributed by atoms with Gasteiger partial charge in [-0.25, -0.2) is 14.0 Å². The van der Waals surface area contributed by atoms with E-state index < -0.39 is 5.97 Å². The Hall–Kier alpha value is -3.61. The third-order valence-corrected chi connectivity index (χ3v) is 4.36. The number of urea groups is 1. The second kappa shape index (κ2) is 9.73. The summed E-state index contributed by atoms with van der Waals surface area (Å²) in [5.41, 5.74) is 1.73. The lowest BCUT2D eigenvalue weighted by Crippen LogP contribution is -2.34. The third kappa shape index (κ3) is 5.70. The number of ether oxygens (including phenoxy) is 1. The third-order valence-electron chi connectivity index (χ3n) is 4.36. The molecular formula is C23H23FN2O4. The molecule has 0 saturated heterocycles. The van der Waals surface area contributed by atoms with Crippen LogP contribution in [0.15, 0.2) is 65.1 Å². The number of halogens is 1. The van der Waals surface area contributed by atoms with Gasteiger partial charge in [-0.1, -0.05) is 12.1 Å². The number of aryl methyl sites for hydroxylation is 1. The molecule has 1 aromatic heterocycles. The van der Waals surface area contributed by atoms with Crippen molar-refractivity contribution in [1.82, 2.24) is 4.90 Å². The summed E-state index contributed by atoms with van der Waals surface area (Å²) in [5, 5.41) is 2.82. The fourth-order valence-corrected chi connectivity index (χ4v) is 2.87. The molecule has 156 valence electrons. The molecule has 1 heterocycles. The number of carbonyl (C=O) groups excluding carboxylic acids is 2. The zero-order valence-electron chi connectivity index (χ0n) is 16.9. The van der Waals surface area contributed by atoms with Crippen LogP contribution in [0.25, 0.3) is 0 Å². The molecule has 3 aromatic rings. The van der Waals surface area contributed by atoms with E-state index in [0.717, 1.165) is 11.3 Å². The summed E-state index contributed by atoms with van der Waals surface area (Å²) < 4.78 is 23.8. The van der Waals surface area contributed by atoms with Gasteiger partial charge in [0.15, 0.2) is 0 Å². The first-order chi connectivity index (χ1) is 14.4. The van der Waals surface area contributed by atoms with Crippen LogP contribution in [0.2, 0.25) is 0 Å². The molecule has 2 aromatic carbocycles. The van der Waals surface area contributed by atoms with Crippen LogP contribution < -0.4 is 5.32 Å². The smallest absolute Gasteiger partial charge is 0.338 e. The molecule has 0 fully saturated rings. The standard InChI is InChI=1S/C23H23FN2O4/c1-3-29-22(27)18-7-11-20(12-8-18)25-23(28)26(15-21-13-4-16(2)30-21)14-17-5-9-19(24)10-6-17/h4-13H,3,14-15H2,1-2H3,(H,25,28). The number of benzene rings is 2. The van der Waals surface area contributed by atoms with Crippen LogP contribution in [0, 0.1) is 12.7 Å². The molecular weight excluding hydrogens is 387 g/mol. The molecule has 0 unspecified atom stereocenters. The van der Waals surface area contributed by atoms with E-state index in [1.807, 2.05) is 19.1 Å². The molecule has 7 heteroatoms. The van der Waals surface area contributed by atoms with Crippen molar-refractivity contribution < 1.29 is 23.1 Å². The van der Waals surface area contributed by atoms with Crippen molar-refractivity contribution in [3.63, 3.8) is 0 Å². The highest BCUT2D eigenvalue weighted by Gasteiger charge is 2.17. The van der Waals surface area contributed by atoms with Crippen molar-refractivity contribution in [2.24, 2.45) is 0 Å². The second-order valence-corrected chi connectivity index (χ2v) is 6.72. The number of nitrogens with one attached hydrogen (secondary N) is 1. The summed E-state index contributed by atoms with van der Waals surface area (Å²) in [6, 6.07) is 15.7. The lowest BCUT2D eigenvalue weighted by atomic mass is 10.2. The van der Waals surface area contributed by atoms with Gasteiger partial charge in [-0.3, -0.25) is 0 Å². The highest BCUT2D eigenvalue weighted by molar-refractivity contribution is 5.92. The zero-order chi connectivity index (χ0) is 21.5. The van der Waals surface area contributed by atoms with Crippen LogP contribution in [-0.2, 0) is 17.8 Å². The largest absolute Gasteiger partial charge is 0.464 e. The molecule has 0 saturated carbocycles. The number of amides is 2. The molecule has 0 atom stereocenters. The van der Waals surface area contributed by atoms with E-state index in [4.69, 9.17) is 9.15 Å². The first kappa shape index (κ1) is 21.1. The molecule has 0 radical (unpaired) electrons. The molecule has 3 rings (SSSR count). The van der Waals surface area contributed by atoms with Crippen LogP contribution in [0.5, 0.6) is 0 Å². The second-order valence-electron chi connectivity index (χ2n) is 6.72. The van der Waals surface area contributed by atoms with Gasteiger partial charge in [-0.2, -0.15) is 0 Å². The number of rotatable bonds is 7. The van der Waals surface area contributed by atoms with Crippen molar-refractivity contribution in [3.05, 3.63) is 89.1 Å². The number of anilines is 1. The Labute approximate surface area is 174 Å². The minimum absolute atomic E-state index is 0.248. The predicted molar refractivity (Wildman–Crippen MR) is 111 cm³/mol. The van der Waals surface area contributed by atoms with Crippen LogP contribution in [0.3, 0.4) is 0 Å². The zero-order valence-corrected chi connectivity index (χ0v) is 16.9. The Balaban J connectivity index is 1.73. The van der Waals surface area contributed by atoms with Gasteiger partial charge < -0.3 is 19.4 Å². The van der Waals surface area contributed by atoms with Crippen molar-refractivity contribution in [1.29, 1.82) is 0 Å². The molecule has 0 aliphatic carbocycles. The van der Waals surface area contributed by atoms with E-state index in [1.165, 1.54) is 12.1 Å². The molecule has 0 spiro atoms. The monoisotopic (exact) mass is 410 g/mol. The van der Waals surface area contributed by atoms with Crippen molar-refractivity contribution >= 4 is 17.7 Å². The fourth-order valence-electron chi connectivity index (χ4n) is 2.87. The maximum absolute atomic E-state index is 13.2. The van der Waals surface area contributed by atoms with Gasteiger partial charge in [0.25, 0.3) is 0 Å². The average Bonchev–Trinajstić information content (AvgIpc) is 3.14. The van der Waals surface area contributed by atoms with E-state index in [9.17, 15) is 14.0 Å². The maximum Gasteiger partial charge on any atom is 0.338 e. The Kier molecular flexibility index (Phi) is 6.85. The maximum atomic E-state index is 13.2. The number of nitrogens with zero attached hydrogens (tertiary/aromatic N) is 1. The van der Waals surface area contributed by atoms with Crippen LogP contribution in [-0.4, -0.2) is 23.5 Å². The van der Waals surface area contributed by atoms with Gasteiger partial charge in [0.1, 0.15) is 17.3 Å². The molecule has 0 bridgehead atoms. The van der Waals surface area contributed by atoms with E-state index in [0.29, 0.717) is 23.6 Å². The normalized spacial score (nSPS) is 10.5. The lowest BCUT2D eigenvalue weighted by molar-refractivity contribution is 0.0526. The van der Waals surface area contributed by atoms with Crippen LogP contribution in [0.4, 0.5) is 14.9 Å². The Morgan fingerprint density at radius 2 is 1.70 bits per heavy atom. The van der Waals surface area contributed by atoms with Gasteiger partial charge in [0.2, 0.25) is 0 Å². The molecule has 1 N–H and O–H groups in total.